The first-order valence-electron chi connectivity index (χ1n) is 5.57. The largest absolute Gasteiger partial charge is 0.507 e. The van der Waals surface area contributed by atoms with Crippen LogP contribution in [0.2, 0.25) is 0 Å². The van der Waals surface area contributed by atoms with Gasteiger partial charge in [0, 0.05) is 6.20 Å². The van der Waals surface area contributed by atoms with Crippen molar-refractivity contribution in [3.8, 4) is 5.75 Å². The van der Waals surface area contributed by atoms with E-state index < -0.39 is 5.56 Å². The highest BCUT2D eigenvalue weighted by atomic mass is 16.5. The molecule has 0 radical (unpaired) electrons. The van der Waals surface area contributed by atoms with E-state index in [1.807, 2.05) is 6.92 Å². The molecule has 2 heterocycles. The van der Waals surface area contributed by atoms with Crippen molar-refractivity contribution in [3.05, 3.63) is 34.2 Å². The SMILES string of the molecule is CCCCc1c(O)c2cccnc2n(O)c1=O. The summed E-state index contributed by atoms with van der Waals surface area (Å²) in [6.07, 6.45) is 3.61. The van der Waals surface area contributed by atoms with Crippen molar-refractivity contribution in [2.75, 3.05) is 0 Å². The van der Waals surface area contributed by atoms with Crippen molar-refractivity contribution < 1.29 is 10.3 Å². The average molecular weight is 234 g/mol. The van der Waals surface area contributed by atoms with E-state index >= 15 is 0 Å². The minimum absolute atomic E-state index is 0.0724. The van der Waals surface area contributed by atoms with E-state index in [1.165, 1.54) is 6.20 Å². The molecule has 5 nitrogen and oxygen atoms in total. The molecule has 0 atom stereocenters. The zero-order chi connectivity index (χ0) is 12.4. The number of nitrogens with zero attached hydrogens (tertiary/aromatic N) is 2. The van der Waals surface area contributed by atoms with Gasteiger partial charge >= 0.3 is 0 Å². The van der Waals surface area contributed by atoms with E-state index in [2.05, 4.69) is 4.98 Å². The molecular formula is C12H14N2O3. The Morgan fingerprint density at radius 2 is 2.24 bits per heavy atom. The minimum Gasteiger partial charge on any atom is -0.507 e. The maximum atomic E-state index is 11.8. The molecule has 90 valence electrons. The molecular weight excluding hydrogens is 220 g/mol. The van der Waals surface area contributed by atoms with E-state index in [0.717, 1.165) is 12.8 Å². The predicted molar refractivity (Wildman–Crippen MR) is 63.5 cm³/mol. The van der Waals surface area contributed by atoms with Gasteiger partial charge in [-0.3, -0.25) is 4.79 Å². The number of rotatable bonds is 3. The quantitative estimate of drug-likeness (QED) is 0.792. The van der Waals surface area contributed by atoms with Crippen LogP contribution in [-0.4, -0.2) is 20.0 Å². The second-order valence-electron chi connectivity index (χ2n) is 3.92. The maximum absolute atomic E-state index is 11.8. The van der Waals surface area contributed by atoms with Crippen molar-refractivity contribution in [1.82, 2.24) is 9.71 Å². The molecule has 0 aliphatic heterocycles. The van der Waals surface area contributed by atoms with Crippen LogP contribution in [0.5, 0.6) is 5.75 Å². The highest BCUT2D eigenvalue weighted by Gasteiger charge is 2.15. The van der Waals surface area contributed by atoms with Gasteiger partial charge in [-0.1, -0.05) is 13.3 Å². The van der Waals surface area contributed by atoms with Gasteiger partial charge in [0.25, 0.3) is 5.56 Å². The standard InChI is InChI=1S/C12H14N2O3/c1-2-3-5-9-10(15)8-6-4-7-13-11(8)14(17)12(9)16/h4,6-7,15,17H,2-3,5H2,1H3. The Kier molecular flexibility index (Phi) is 2.99. The topological polar surface area (TPSA) is 75.3 Å². The van der Waals surface area contributed by atoms with Gasteiger partial charge in [-0.25, -0.2) is 4.98 Å². The summed E-state index contributed by atoms with van der Waals surface area (Å²) in [5.41, 5.74) is -0.271. The third-order valence-electron chi connectivity index (χ3n) is 2.76. The normalized spacial score (nSPS) is 10.9. The fourth-order valence-electron chi connectivity index (χ4n) is 1.82. The van der Waals surface area contributed by atoms with Crippen LogP contribution in [0.3, 0.4) is 0 Å². The second-order valence-corrected chi connectivity index (χ2v) is 3.92. The molecule has 2 aromatic rings. The van der Waals surface area contributed by atoms with E-state index in [9.17, 15) is 15.1 Å². The predicted octanol–water partition coefficient (Wildman–Crippen LogP) is 1.68. The first kappa shape index (κ1) is 11.4. The van der Waals surface area contributed by atoms with Crippen LogP contribution in [0, 0.1) is 0 Å². The molecule has 0 saturated carbocycles. The zero-order valence-corrected chi connectivity index (χ0v) is 9.55. The molecule has 0 aliphatic carbocycles. The number of fused-ring (bicyclic) bond motifs is 1. The first-order chi connectivity index (χ1) is 8.16. The van der Waals surface area contributed by atoms with Gasteiger partial charge in [-0.05, 0) is 25.0 Å². The smallest absolute Gasteiger partial charge is 0.291 e. The van der Waals surface area contributed by atoms with Crippen LogP contribution in [0.25, 0.3) is 11.0 Å². The number of pyridine rings is 2. The summed E-state index contributed by atoms with van der Waals surface area (Å²) < 4.78 is 0.500. The number of aromatic nitrogens is 2. The molecule has 17 heavy (non-hydrogen) atoms. The molecule has 0 aliphatic rings. The zero-order valence-electron chi connectivity index (χ0n) is 9.55. The van der Waals surface area contributed by atoms with Gasteiger partial charge in [0.2, 0.25) is 0 Å². The molecule has 5 heteroatoms. The number of hydrogen-bond donors (Lipinski definition) is 2. The Hall–Kier alpha value is -2.04. The van der Waals surface area contributed by atoms with Gasteiger partial charge in [0.15, 0.2) is 5.65 Å². The van der Waals surface area contributed by atoms with Gasteiger partial charge < -0.3 is 10.3 Å². The Morgan fingerprint density at radius 3 is 2.94 bits per heavy atom. The fourth-order valence-corrected chi connectivity index (χ4v) is 1.82. The second kappa shape index (κ2) is 4.45. The van der Waals surface area contributed by atoms with E-state index in [-0.39, 0.29) is 17.0 Å². The molecule has 0 fully saturated rings. The summed E-state index contributed by atoms with van der Waals surface area (Å²) >= 11 is 0. The van der Waals surface area contributed by atoms with E-state index in [1.54, 1.807) is 12.1 Å². The monoisotopic (exact) mass is 234 g/mol. The number of aromatic hydroxyl groups is 1. The summed E-state index contributed by atoms with van der Waals surface area (Å²) in [5.74, 6) is -0.0724. The maximum Gasteiger partial charge on any atom is 0.291 e. The van der Waals surface area contributed by atoms with Gasteiger partial charge in [0.05, 0.1) is 10.9 Å². The lowest BCUT2D eigenvalue weighted by atomic mass is 10.1. The van der Waals surface area contributed by atoms with Crippen molar-refractivity contribution in [3.63, 3.8) is 0 Å². The number of unbranched alkanes of at least 4 members (excludes halogenated alkanes) is 1. The Balaban J connectivity index is 2.73. The molecule has 0 aromatic carbocycles. The lowest BCUT2D eigenvalue weighted by Crippen LogP contribution is -2.23. The summed E-state index contributed by atoms with van der Waals surface area (Å²) in [6, 6.07) is 3.27. The highest BCUT2D eigenvalue weighted by Crippen LogP contribution is 2.25. The van der Waals surface area contributed by atoms with Crippen LogP contribution >= 0.6 is 0 Å². The third kappa shape index (κ3) is 1.84. The summed E-state index contributed by atoms with van der Waals surface area (Å²) in [6.45, 7) is 2.00. The lowest BCUT2D eigenvalue weighted by Gasteiger charge is -2.08. The summed E-state index contributed by atoms with van der Waals surface area (Å²) in [4.78, 5) is 15.7. The highest BCUT2D eigenvalue weighted by molar-refractivity contribution is 5.82. The van der Waals surface area contributed by atoms with Crippen molar-refractivity contribution in [2.45, 2.75) is 26.2 Å². The Labute approximate surface area is 97.9 Å². The van der Waals surface area contributed by atoms with Crippen molar-refractivity contribution in [1.29, 1.82) is 0 Å². The average Bonchev–Trinajstić information content (AvgIpc) is 2.36. The molecule has 0 amide bonds. The number of hydrogen-bond acceptors (Lipinski definition) is 4. The van der Waals surface area contributed by atoms with Crippen LogP contribution < -0.4 is 5.56 Å². The molecule has 0 spiro atoms. The van der Waals surface area contributed by atoms with Gasteiger partial charge in [0.1, 0.15) is 5.75 Å². The van der Waals surface area contributed by atoms with Crippen LogP contribution in [0.15, 0.2) is 23.1 Å². The van der Waals surface area contributed by atoms with E-state index in [0.29, 0.717) is 16.5 Å². The molecule has 2 rings (SSSR count). The third-order valence-corrected chi connectivity index (χ3v) is 2.76. The Bertz CT molecular complexity index is 604. The summed E-state index contributed by atoms with van der Waals surface area (Å²) in [7, 11) is 0. The Morgan fingerprint density at radius 1 is 1.47 bits per heavy atom. The molecule has 0 saturated heterocycles. The molecule has 0 unspecified atom stereocenters. The van der Waals surface area contributed by atoms with Crippen molar-refractivity contribution in [2.24, 2.45) is 0 Å². The van der Waals surface area contributed by atoms with Crippen LogP contribution in [0.1, 0.15) is 25.3 Å². The molecule has 2 N–H and O–H groups in total. The minimum atomic E-state index is -0.595. The molecule has 2 aromatic heterocycles. The fraction of sp³-hybridized carbons (Fsp3) is 0.333. The molecule has 0 bridgehead atoms. The van der Waals surface area contributed by atoms with Gasteiger partial charge in [-0.15, -0.1) is 4.73 Å². The van der Waals surface area contributed by atoms with Gasteiger partial charge in [-0.2, -0.15) is 0 Å². The van der Waals surface area contributed by atoms with Crippen molar-refractivity contribution >= 4 is 11.0 Å². The lowest BCUT2D eigenvalue weighted by molar-refractivity contribution is 0.184. The van der Waals surface area contributed by atoms with Crippen LogP contribution in [-0.2, 0) is 6.42 Å². The first-order valence-corrected chi connectivity index (χ1v) is 5.57. The van der Waals surface area contributed by atoms with E-state index in [4.69, 9.17) is 0 Å². The van der Waals surface area contributed by atoms with Crippen LogP contribution in [0.4, 0.5) is 0 Å². The summed E-state index contributed by atoms with van der Waals surface area (Å²) in [5, 5.41) is 20.1.